The average Bonchev–Trinajstić information content (AvgIpc) is 3.14. The van der Waals surface area contributed by atoms with Gasteiger partial charge in [-0.1, -0.05) is 55.6 Å². The second-order valence-electron chi connectivity index (χ2n) is 7.27. The topological polar surface area (TPSA) is 81.7 Å². The molecule has 1 N–H and O–H groups in total. The molecule has 0 saturated carbocycles. The van der Waals surface area contributed by atoms with Crippen LogP contribution in [0.3, 0.4) is 0 Å². The molecule has 0 aliphatic rings. The molecule has 2 rings (SSSR count). The number of hydrogen-bond donors (Lipinski definition) is 1. The number of esters is 1. The first kappa shape index (κ1) is 24.5. The minimum atomic E-state index is -0.736. The maximum absolute atomic E-state index is 12.2. The lowest BCUT2D eigenvalue weighted by atomic mass is 9.96. The van der Waals surface area contributed by atoms with Crippen LogP contribution in [0, 0.1) is 5.41 Å². The van der Waals surface area contributed by atoms with Gasteiger partial charge in [0.05, 0.1) is 26.5 Å². The summed E-state index contributed by atoms with van der Waals surface area (Å²) < 4.78 is 10.2. The van der Waals surface area contributed by atoms with Crippen LogP contribution in [-0.2, 0) is 20.9 Å². The van der Waals surface area contributed by atoms with Crippen LogP contribution in [0.5, 0.6) is 5.75 Å². The van der Waals surface area contributed by atoms with Gasteiger partial charge < -0.3 is 14.8 Å². The molecule has 0 fully saturated rings. The third-order valence-corrected chi connectivity index (χ3v) is 5.87. The second-order valence-corrected chi connectivity index (χ2v) is 9.66. The van der Waals surface area contributed by atoms with Gasteiger partial charge in [-0.2, -0.15) is 0 Å². The number of ketones is 1. The van der Waals surface area contributed by atoms with Crippen molar-refractivity contribution in [3.05, 3.63) is 49.1 Å². The van der Waals surface area contributed by atoms with Gasteiger partial charge in [0.2, 0.25) is 11.7 Å². The van der Waals surface area contributed by atoms with E-state index in [4.69, 9.17) is 44.3 Å². The minimum Gasteiger partial charge on any atom is -0.480 e. The van der Waals surface area contributed by atoms with Crippen LogP contribution in [0.1, 0.15) is 35.3 Å². The fraction of sp³-hybridized carbons (Fsp3) is 0.350. The van der Waals surface area contributed by atoms with E-state index < -0.39 is 24.6 Å². The molecule has 0 bridgehead atoms. The highest BCUT2D eigenvalue weighted by atomic mass is 35.5. The summed E-state index contributed by atoms with van der Waals surface area (Å²) in [5.41, 5.74) is -0.492. The predicted octanol–water partition coefficient (Wildman–Crippen LogP) is 5.18. The Balaban J connectivity index is 1.80. The number of ether oxygens (including phenoxy) is 2. The normalized spacial score (nSPS) is 11.1. The number of thiophene rings is 1. The van der Waals surface area contributed by atoms with Crippen molar-refractivity contribution in [2.75, 3.05) is 13.2 Å². The summed E-state index contributed by atoms with van der Waals surface area (Å²) in [6, 6.07) is 6.16. The SMILES string of the molecule is CC(C)(C)C(=O)NCc1ccc(C(=O)COC(=O)COc2cc(Cl)c(Cl)cc2Cl)s1. The number of Topliss-reactive ketones (excluding diaryl/α,β-unsaturated/α-hetero) is 1. The average molecular weight is 493 g/mol. The summed E-state index contributed by atoms with van der Waals surface area (Å²) in [6.07, 6.45) is 0. The summed E-state index contributed by atoms with van der Waals surface area (Å²) in [4.78, 5) is 37.2. The summed E-state index contributed by atoms with van der Waals surface area (Å²) in [5, 5.41) is 3.50. The van der Waals surface area contributed by atoms with E-state index in [0.717, 1.165) is 4.88 Å². The van der Waals surface area contributed by atoms with E-state index in [1.165, 1.54) is 23.5 Å². The molecule has 1 heterocycles. The Morgan fingerprint density at radius 1 is 1.00 bits per heavy atom. The summed E-state index contributed by atoms with van der Waals surface area (Å²) in [6.45, 7) is 4.91. The molecule has 0 saturated heterocycles. The Labute approximate surface area is 193 Å². The third kappa shape index (κ3) is 7.16. The molecule has 1 aromatic carbocycles. The molecule has 0 aliphatic carbocycles. The third-order valence-electron chi connectivity index (χ3n) is 3.73. The molecule has 1 aromatic heterocycles. The van der Waals surface area contributed by atoms with E-state index in [-0.39, 0.29) is 32.5 Å². The molecule has 162 valence electrons. The largest absolute Gasteiger partial charge is 0.480 e. The van der Waals surface area contributed by atoms with Crippen LogP contribution in [-0.4, -0.2) is 30.9 Å². The Morgan fingerprint density at radius 2 is 1.67 bits per heavy atom. The number of carbonyl (C=O) groups excluding carboxylic acids is 3. The summed E-state index contributed by atoms with van der Waals surface area (Å²) in [5.74, 6) is -0.997. The van der Waals surface area contributed by atoms with Gasteiger partial charge >= 0.3 is 5.97 Å². The molecule has 0 atom stereocenters. The zero-order valence-corrected chi connectivity index (χ0v) is 19.6. The predicted molar refractivity (Wildman–Crippen MR) is 118 cm³/mol. The van der Waals surface area contributed by atoms with Crippen LogP contribution >= 0.6 is 46.1 Å². The van der Waals surface area contributed by atoms with Crippen molar-refractivity contribution in [2.24, 2.45) is 5.41 Å². The van der Waals surface area contributed by atoms with Crippen molar-refractivity contribution in [1.29, 1.82) is 0 Å². The van der Waals surface area contributed by atoms with Crippen LogP contribution in [0.25, 0.3) is 0 Å². The molecule has 0 unspecified atom stereocenters. The van der Waals surface area contributed by atoms with E-state index in [9.17, 15) is 14.4 Å². The van der Waals surface area contributed by atoms with Crippen LogP contribution in [0.4, 0.5) is 0 Å². The summed E-state index contributed by atoms with van der Waals surface area (Å²) >= 11 is 18.9. The van der Waals surface area contributed by atoms with Crippen molar-refractivity contribution in [2.45, 2.75) is 27.3 Å². The Hall–Kier alpha value is -1.80. The Bertz CT molecular complexity index is 952. The number of benzene rings is 1. The number of nitrogens with one attached hydrogen (secondary N) is 1. The van der Waals surface area contributed by atoms with Gasteiger partial charge in [-0.05, 0) is 18.2 Å². The monoisotopic (exact) mass is 491 g/mol. The fourth-order valence-electron chi connectivity index (χ4n) is 2.07. The number of rotatable bonds is 8. The van der Waals surface area contributed by atoms with Crippen molar-refractivity contribution in [3.63, 3.8) is 0 Å². The van der Waals surface area contributed by atoms with Crippen LogP contribution in [0.2, 0.25) is 15.1 Å². The van der Waals surface area contributed by atoms with Gasteiger partial charge in [0.15, 0.2) is 13.2 Å². The second kappa shape index (κ2) is 10.5. The van der Waals surface area contributed by atoms with Crippen molar-refractivity contribution < 1.29 is 23.9 Å². The molecule has 0 radical (unpaired) electrons. The van der Waals surface area contributed by atoms with E-state index in [2.05, 4.69) is 5.32 Å². The molecule has 6 nitrogen and oxygen atoms in total. The molecule has 1 amide bonds. The number of amides is 1. The van der Waals surface area contributed by atoms with Gasteiger partial charge in [-0.3, -0.25) is 9.59 Å². The summed E-state index contributed by atoms with van der Waals surface area (Å²) in [7, 11) is 0. The Kier molecular flexibility index (Phi) is 8.55. The van der Waals surface area contributed by atoms with E-state index in [1.807, 2.05) is 20.8 Å². The first-order valence-electron chi connectivity index (χ1n) is 8.80. The molecule has 30 heavy (non-hydrogen) atoms. The number of hydrogen-bond acceptors (Lipinski definition) is 6. The molecule has 2 aromatic rings. The standard InChI is InChI=1S/C20H20Cl3NO5S/c1-20(2,3)19(27)24-8-11-4-5-17(30-11)15(25)9-29-18(26)10-28-16-7-13(22)12(21)6-14(16)23/h4-7H,8-10H2,1-3H3,(H,24,27). The molecule has 0 aliphatic heterocycles. The highest BCUT2D eigenvalue weighted by molar-refractivity contribution is 7.14. The molecule has 0 spiro atoms. The molecular weight excluding hydrogens is 473 g/mol. The van der Waals surface area contributed by atoms with Gasteiger partial charge in [-0.25, -0.2) is 4.79 Å². The van der Waals surface area contributed by atoms with Gasteiger partial charge in [0, 0.05) is 16.4 Å². The highest BCUT2D eigenvalue weighted by Gasteiger charge is 2.21. The maximum atomic E-state index is 12.2. The minimum absolute atomic E-state index is 0.0835. The lowest BCUT2D eigenvalue weighted by molar-refractivity contribution is -0.144. The highest BCUT2D eigenvalue weighted by Crippen LogP contribution is 2.33. The maximum Gasteiger partial charge on any atom is 0.344 e. The lowest BCUT2D eigenvalue weighted by Gasteiger charge is -2.17. The van der Waals surface area contributed by atoms with Gasteiger partial charge in [0.25, 0.3) is 0 Å². The first-order chi connectivity index (χ1) is 14.0. The van der Waals surface area contributed by atoms with E-state index >= 15 is 0 Å². The van der Waals surface area contributed by atoms with Crippen molar-refractivity contribution in [1.82, 2.24) is 5.32 Å². The first-order valence-corrected chi connectivity index (χ1v) is 10.8. The van der Waals surface area contributed by atoms with Crippen molar-refractivity contribution in [3.8, 4) is 5.75 Å². The van der Waals surface area contributed by atoms with Crippen LogP contribution < -0.4 is 10.1 Å². The zero-order valence-electron chi connectivity index (χ0n) is 16.5. The van der Waals surface area contributed by atoms with Crippen LogP contribution in [0.15, 0.2) is 24.3 Å². The zero-order chi connectivity index (χ0) is 22.5. The van der Waals surface area contributed by atoms with Crippen molar-refractivity contribution >= 4 is 63.8 Å². The fourth-order valence-corrected chi connectivity index (χ4v) is 3.53. The van der Waals surface area contributed by atoms with Gasteiger partial charge in [-0.15, -0.1) is 11.3 Å². The lowest BCUT2D eigenvalue weighted by Crippen LogP contribution is -2.34. The number of halogens is 3. The van der Waals surface area contributed by atoms with E-state index in [1.54, 1.807) is 12.1 Å². The number of carbonyl (C=O) groups is 3. The molecular formula is C20H20Cl3NO5S. The molecule has 10 heteroatoms. The van der Waals surface area contributed by atoms with Gasteiger partial charge in [0.1, 0.15) is 5.75 Å². The van der Waals surface area contributed by atoms with E-state index in [0.29, 0.717) is 11.4 Å². The Morgan fingerprint density at radius 3 is 2.33 bits per heavy atom. The smallest absolute Gasteiger partial charge is 0.344 e. The quantitative estimate of drug-likeness (QED) is 0.312.